The Morgan fingerprint density at radius 2 is 2.05 bits per heavy atom. The van der Waals surface area contributed by atoms with E-state index in [2.05, 4.69) is 53.6 Å². The topological polar surface area (TPSA) is 20.3 Å². The summed E-state index contributed by atoms with van der Waals surface area (Å²) in [5, 5.41) is 2.08. The number of carbonyl (C=O) groups excluding carboxylic acids is 1. The molecule has 0 atom stereocenters. The van der Waals surface area contributed by atoms with E-state index in [0.29, 0.717) is 11.8 Å². The van der Waals surface area contributed by atoms with Gasteiger partial charge in [0, 0.05) is 15.8 Å². The highest BCUT2D eigenvalue weighted by Gasteiger charge is 2.32. The minimum absolute atomic E-state index is 0.261. The molecule has 0 aliphatic heterocycles. The van der Waals surface area contributed by atoms with Crippen LogP contribution in [0, 0.1) is 6.92 Å². The number of amides is 1. The zero-order valence-electron chi connectivity index (χ0n) is 12.1. The first-order valence-corrected chi connectivity index (χ1v) is 9.10. The fraction of sp³-hybridized carbons (Fsp3) is 0.353. The van der Waals surface area contributed by atoms with Gasteiger partial charge in [0.15, 0.2) is 0 Å². The Hall–Kier alpha value is -1.26. The van der Waals surface area contributed by atoms with E-state index in [9.17, 15) is 4.79 Å². The van der Waals surface area contributed by atoms with Crippen LogP contribution >= 0.6 is 23.1 Å². The van der Waals surface area contributed by atoms with Crippen molar-refractivity contribution in [3.63, 3.8) is 0 Å². The van der Waals surface area contributed by atoms with Gasteiger partial charge in [-0.25, -0.2) is 0 Å². The van der Waals surface area contributed by atoms with Crippen LogP contribution < -0.4 is 0 Å². The molecule has 1 amide bonds. The van der Waals surface area contributed by atoms with Crippen LogP contribution in [0.2, 0.25) is 0 Å². The Kier molecular flexibility index (Phi) is 4.66. The quantitative estimate of drug-likeness (QED) is 0.739. The van der Waals surface area contributed by atoms with E-state index in [-0.39, 0.29) is 5.91 Å². The van der Waals surface area contributed by atoms with Gasteiger partial charge in [-0.05, 0) is 43.3 Å². The Morgan fingerprint density at radius 1 is 1.29 bits per heavy atom. The standard InChI is InChI=1S/C17H19NOS2/c1-13-4-8-15(9-5-13)21-12-17(19)18(14-6-7-14)11-16-3-2-10-20-16/h2-5,8-10,14H,6-7,11-12H2,1H3. The van der Waals surface area contributed by atoms with Crippen molar-refractivity contribution in [3.8, 4) is 0 Å². The summed E-state index contributed by atoms with van der Waals surface area (Å²) >= 11 is 3.36. The number of aryl methyl sites for hydroxylation is 1. The molecule has 0 N–H and O–H groups in total. The van der Waals surface area contributed by atoms with Crippen LogP contribution in [0.1, 0.15) is 23.3 Å². The SMILES string of the molecule is Cc1ccc(SCC(=O)N(Cc2cccs2)C2CC2)cc1. The van der Waals surface area contributed by atoms with Crippen molar-refractivity contribution < 1.29 is 4.79 Å². The molecule has 2 nitrogen and oxygen atoms in total. The van der Waals surface area contributed by atoms with Gasteiger partial charge < -0.3 is 4.90 Å². The number of hydrogen-bond donors (Lipinski definition) is 0. The molecule has 0 saturated heterocycles. The van der Waals surface area contributed by atoms with Gasteiger partial charge in [-0.2, -0.15) is 0 Å². The van der Waals surface area contributed by atoms with Gasteiger partial charge in [0.1, 0.15) is 0 Å². The Bertz CT molecular complexity index is 588. The summed E-state index contributed by atoms with van der Waals surface area (Å²) in [6.45, 7) is 2.85. The molecule has 1 aliphatic carbocycles. The van der Waals surface area contributed by atoms with Gasteiger partial charge in [0.25, 0.3) is 0 Å². The molecule has 1 heterocycles. The van der Waals surface area contributed by atoms with Gasteiger partial charge in [-0.3, -0.25) is 4.79 Å². The zero-order chi connectivity index (χ0) is 14.7. The smallest absolute Gasteiger partial charge is 0.233 e. The number of nitrogens with zero attached hydrogens (tertiary/aromatic N) is 1. The highest BCUT2D eigenvalue weighted by Crippen LogP contribution is 2.30. The van der Waals surface area contributed by atoms with Crippen LogP contribution in [0.15, 0.2) is 46.7 Å². The van der Waals surface area contributed by atoms with Crippen LogP contribution in [0.4, 0.5) is 0 Å². The molecule has 2 aromatic rings. The first-order valence-electron chi connectivity index (χ1n) is 7.24. The number of thioether (sulfide) groups is 1. The molecule has 0 unspecified atom stereocenters. The first-order chi connectivity index (χ1) is 10.2. The second kappa shape index (κ2) is 6.67. The predicted octanol–water partition coefficient (Wildman–Crippen LogP) is 4.34. The van der Waals surface area contributed by atoms with Crippen molar-refractivity contribution in [2.24, 2.45) is 0 Å². The second-order valence-electron chi connectivity index (χ2n) is 5.43. The van der Waals surface area contributed by atoms with E-state index in [4.69, 9.17) is 0 Å². The molecular formula is C17H19NOS2. The summed E-state index contributed by atoms with van der Waals surface area (Å²) in [6.07, 6.45) is 2.32. The first kappa shape index (κ1) is 14.7. The van der Waals surface area contributed by atoms with E-state index in [1.807, 2.05) is 0 Å². The van der Waals surface area contributed by atoms with Crippen LogP contribution in [-0.2, 0) is 11.3 Å². The molecule has 1 aliphatic rings. The third-order valence-corrected chi connectivity index (χ3v) is 5.46. The van der Waals surface area contributed by atoms with E-state index in [1.165, 1.54) is 15.3 Å². The molecule has 0 bridgehead atoms. The van der Waals surface area contributed by atoms with Crippen molar-refractivity contribution in [1.82, 2.24) is 4.90 Å². The molecule has 110 valence electrons. The summed E-state index contributed by atoms with van der Waals surface area (Å²) in [7, 11) is 0. The second-order valence-corrected chi connectivity index (χ2v) is 7.51. The van der Waals surface area contributed by atoms with Gasteiger partial charge in [0.2, 0.25) is 5.91 Å². The van der Waals surface area contributed by atoms with Crippen LogP contribution in [-0.4, -0.2) is 22.6 Å². The van der Waals surface area contributed by atoms with E-state index >= 15 is 0 Å². The largest absolute Gasteiger partial charge is 0.334 e. The number of thiophene rings is 1. The minimum atomic E-state index is 0.261. The monoisotopic (exact) mass is 317 g/mol. The summed E-state index contributed by atoms with van der Waals surface area (Å²) in [4.78, 5) is 17.0. The van der Waals surface area contributed by atoms with Crippen molar-refractivity contribution in [2.75, 3.05) is 5.75 Å². The third kappa shape index (κ3) is 4.11. The Balaban J connectivity index is 1.58. The molecule has 0 radical (unpaired) electrons. The summed E-state index contributed by atoms with van der Waals surface area (Å²) < 4.78 is 0. The highest BCUT2D eigenvalue weighted by molar-refractivity contribution is 8.00. The molecule has 0 spiro atoms. The predicted molar refractivity (Wildman–Crippen MR) is 89.8 cm³/mol. The maximum absolute atomic E-state index is 12.5. The average Bonchev–Trinajstić information content (AvgIpc) is 3.20. The lowest BCUT2D eigenvalue weighted by molar-refractivity contribution is -0.129. The van der Waals surface area contributed by atoms with Gasteiger partial charge in [0.05, 0.1) is 12.3 Å². The van der Waals surface area contributed by atoms with Gasteiger partial charge >= 0.3 is 0 Å². The summed E-state index contributed by atoms with van der Waals surface area (Å²) in [6, 6.07) is 13.0. The molecule has 1 saturated carbocycles. The van der Waals surface area contributed by atoms with Crippen LogP contribution in [0.3, 0.4) is 0 Å². The van der Waals surface area contributed by atoms with E-state index in [0.717, 1.165) is 19.4 Å². The van der Waals surface area contributed by atoms with Crippen LogP contribution in [0.25, 0.3) is 0 Å². The summed E-state index contributed by atoms with van der Waals surface area (Å²) in [5.74, 6) is 0.793. The number of hydrogen-bond acceptors (Lipinski definition) is 3. The molecule has 21 heavy (non-hydrogen) atoms. The normalized spacial score (nSPS) is 14.1. The molecule has 1 aromatic carbocycles. The van der Waals surface area contributed by atoms with E-state index < -0.39 is 0 Å². The van der Waals surface area contributed by atoms with Crippen molar-refractivity contribution in [3.05, 3.63) is 52.2 Å². The zero-order valence-corrected chi connectivity index (χ0v) is 13.8. The van der Waals surface area contributed by atoms with Crippen molar-refractivity contribution >= 4 is 29.0 Å². The lowest BCUT2D eigenvalue weighted by atomic mass is 10.2. The third-order valence-electron chi connectivity index (χ3n) is 3.60. The molecular weight excluding hydrogens is 298 g/mol. The van der Waals surface area contributed by atoms with Gasteiger partial charge in [-0.15, -0.1) is 23.1 Å². The fourth-order valence-corrected chi connectivity index (χ4v) is 3.73. The van der Waals surface area contributed by atoms with Crippen molar-refractivity contribution in [1.29, 1.82) is 0 Å². The highest BCUT2D eigenvalue weighted by atomic mass is 32.2. The Labute approximate surface area is 134 Å². The summed E-state index contributed by atoms with van der Waals surface area (Å²) in [5.41, 5.74) is 1.25. The molecule has 1 aromatic heterocycles. The fourth-order valence-electron chi connectivity index (χ4n) is 2.24. The molecule has 3 rings (SSSR count). The van der Waals surface area contributed by atoms with Gasteiger partial charge in [-0.1, -0.05) is 23.8 Å². The number of carbonyl (C=O) groups is 1. The molecule has 4 heteroatoms. The van der Waals surface area contributed by atoms with Crippen LogP contribution in [0.5, 0.6) is 0 Å². The minimum Gasteiger partial charge on any atom is -0.334 e. The lowest BCUT2D eigenvalue weighted by Gasteiger charge is -2.21. The maximum Gasteiger partial charge on any atom is 0.233 e. The van der Waals surface area contributed by atoms with E-state index in [1.54, 1.807) is 23.1 Å². The number of rotatable bonds is 6. The van der Waals surface area contributed by atoms with Crippen molar-refractivity contribution in [2.45, 2.75) is 37.2 Å². The Morgan fingerprint density at radius 3 is 2.67 bits per heavy atom. The molecule has 1 fully saturated rings. The average molecular weight is 317 g/mol. The maximum atomic E-state index is 12.5. The number of benzene rings is 1. The lowest BCUT2D eigenvalue weighted by Crippen LogP contribution is -2.33.